The van der Waals surface area contributed by atoms with E-state index in [0.717, 1.165) is 23.5 Å². The van der Waals surface area contributed by atoms with Gasteiger partial charge in [-0.2, -0.15) is 0 Å². The molecule has 0 saturated carbocycles. The van der Waals surface area contributed by atoms with Crippen molar-refractivity contribution in [1.29, 1.82) is 0 Å². The smallest absolute Gasteiger partial charge is 0.377 e. The molecule has 4 nitrogen and oxygen atoms in total. The minimum atomic E-state index is -2.39. The molecule has 25 heavy (non-hydrogen) atoms. The molecule has 5 heteroatoms. The van der Waals surface area contributed by atoms with Crippen molar-refractivity contribution in [2.24, 2.45) is 0 Å². The maximum absolute atomic E-state index is 5.51. The van der Waals surface area contributed by atoms with Crippen LogP contribution in [0.25, 0.3) is 0 Å². The normalized spacial score (nSPS) is 12.7. The zero-order valence-electron chi connectivity index (χ0n) is 18.1. The number of hydrogen-bond donors (Lipinski definition) is 0. The fourth-order valence-corrected chi connectivity index (χ4v) is 5.12. The summed E-state index contributed by atoms with van der Waals surface area (Å²) in [4.78, 5) is 0. The van der Waals surface area contributed by atoms with Gasteiger partial charge in [-0.3, -0.25) is 0 Å². The van der Waals surface area contributed by atoms with Crippen LogP contribution < -0.4 is 0 Å². The van der Waals surface area contributed by atoms with Gasteiger partial charge in [-0.25, -0.2) is 0 Å². The van der Waals surface area contributed by atoms with Gasteiger partial charge in [-0.1, -0.05) is 58.3 Å². The number of rotatable bonds is 18. The van der Waals surface area contributed by atoms with Crippen molar-refractivity contribution >= 4 is 8.80 Å². The van der Waals surface area contributed by atoms with Gasteiger partial charge in [-0.15, -0.1) is 0 Å². The monoisotopic (exact) mass is 376 g/mol. The van der Waals surface area contributed by atoms with Crippen LogP contribution in [0, 0.1) is 0 Å². The van der Waals surface area contributed by atoms with Crippen LogP contribution in [-0.2, 0) is 13.3 Å². The predicted octanol–water partition coefficient (Wildman–Crippen LogP) is 5.25. The Balaban J connectivity index is 3.67. The van der Waals surface area contributed by atoms with E-state index in [2.05, 4.69) is 21.0 Å². The third kappa shape index (κ3) is 13.0. The van der Waals surface area contributed by atoms with Gasteiger partial charge in [-0.05, 0) is 12.8 Å². The van der Waals surface area contributed by atoms with Crippen molar-refractivity contribution in [3.8, 4) is 0 Å². The van der Waals surface area contributed by atoms with Gasteiger partial charge in [0.25, 0.3) is 0 Å². The van der Waals surface area contributed by atoms with E-state index in [1.807, 2.05) is 0 Å². The van der Waals surface area contributed by atoms with Crippen LogP contribution in [0.15, 0.2) is 0 Å². The molecule has 0 aromatic rings. The molecule has 0 unspecified atom stereocenters. The van der Waals surface area contributed by atoms with E-state index in [4.69, 9.17) is 13.3 Å². The summed E-state index contributed by atoms with van der Waals surface area (Å²) in [5.74, 6) is 0. The van der Waals surface area contributed by atoms with Gasteiger partial charge in [0.05, 0.1) is 27.2 Å². The summed E-state index contributed by atoms with van der Waals surface area (Å²) in [6, 6.07) is 0.899. The first-order chi connectivity index (χ1) is 11.9. The summed E-state index contributed by atoms with van der Waals surface area (Å²) in [6.45, 7) is 4.70. The zero-order chi connectivity index (χ0) is 19.0. The molecule has 0 N–H and O–H groups in total. The van der Waals surface area contributed by atoms with E-state index in [1.54, 1.807) is 21.3 Å². The highest BCUT2D eigenvalue weighted by Gasteiger charge is 2.37. The fourth-order valence-electron chi connectivity index (χ4n) is 3.42. The van der Waals surface area contributed by atoms with Gasteiger partial charge in [0.1, 0.15) is 0 Å². The molecule has 0 radical (unpaired) electrons. The second-order valence-corrected chi connectivity index (χ2v) is 11.1. The lowest BCUT2D eigenvalue weighted by Crippen LogP contribution is -2.45. The largest absolute Gasteiger partial charge is 0.500 e. The Hall–Kier alpha value is 0.0569. The third-order valence-corrected chi connectivity index (χ3v) is 8.13. The van der Waals surface area contributed by atoms with Crippen LogP contribution in [0.3, 0.4) is 0 Å². The average Bonchev–Trinajstić information content (AvgIpc) is 2.60. The van der Waals surface area contributed by atoms with E-state index in [1.165, 1.54) is 70.8 Å². The van der Waals surface area contributed by atoms with Crippen molar-refractivity contribution in [1.82, 2.24) is 0 Å². The number of hydrogen-bond acceptors (Lipinski definition) is 3. The molecule has 152 valence electrons. The van der Waals surface area contributed by atoms with Gasteiger partial charge < -0.3 is 17.8 Å². The van der Waals surface area contributed by atoms with Crippen molar-refractivity contribution in [2.45, 2.75) is 83.6 Å². The molecule has 0 fully saturated rings. The molecule has 0 heterocycles. The summed E-state index contributed by atoms with van der Waals surface area (Å²) >= 11 is 0. The standard InChI is InChI=1S/C20H46NO3Si/c1-7-8-9-10-11-12-13-14-15-16-18-21(2,3)19-17-20-25(22-4,23-5)24-6/h7-20H2,1-6H3/q+1. The van der Waals surface area contributed by atoms with Crippen molar-refractivity contribution in [2.75, 3.05) is 48.5 Å². The van der Waals surface area contributed by atoms with Gasteiger partial charge in [0.15, 0.2) is 0 Å². The summed E-state index contributed by atoms with van der Waals surface area (Å²) in [6.07, 6.45) is 15.1. The first-order valence-electron chi connectivity index (χ1n) is 10.4. The van der Waals surface area contributed by atoms with E-state index in [-0.39, 0.29) is 0 Å². The van der Waals surface area contributed by atoms with E-state index >= 15 is 0 Å². The first-order valence-corrected chi connectivity index (χ1v) is 12.4. The molecule has 0 aromatic heterocycles. The summed E-state index contributed by atoms with van der Waals surface area (Å²) in [7, 11) is 7.37. The van der Waals surface area contributed by atoms with Crippen molar-refractivity contribution in [3.05, 3.63) is 0 Å². The van der Waals surface area contributed by atoms with Crippen LogP contribution >= 0.6 is 0 Å². The lowest BCUT2D eigenvalue weighted by atomic mass is 10.1. The highest BCUT2D eigenvalue weighted by Crippen LogP contribution is 2.17. The molecule has 0 aliphatic rings. The molecule has 0 aromatic carbocycles. The Morgan fingerprint density at radius 2 is 1.00 bits per heavy atom. The minimum Gasteiger partial charge on any atom is -0.377 e. The van der Waals surface area contributed by atoms with Crippen molar-refractivity contribution < 1.29 is 17.8 Å². The second kappa shape index (κ2) is 15.1. The third-order valence-electron chi connectivity index (χ3n) is 5.30. The molecular formula is C20H46NO3Si+. The van der Waals surface area contributed by atoms with Crippen molar-refractivity contribution in [3.63, 3.8) is 0 Å². The lowest BCUT2D eigenvalue weighted by molar-refractivity contribution is -0.890. The minimum absolute atomic E-state index is 0.899. The Morgan fingerprint density at radius 1 is 0.600 bits per heavy atom. The molecular weight excluding hydrogens is 330 g/mol. The average molecular weight is 377 g/mol. The van der Waals surface area contributed by atoms with Crippen LogP contribution in [0.2, 0.25) is 6.04 Å². The highest BCUT2D eigenvalue weighted by molar-refractivity contribution is 6.60. The first kappa shape index (κ1) is 25.1. The summed E-state index contributed by atoms with van der Waals surface area (Å²) < 4.78 is 17.6. The molecule has 0 atom stereocenters. The highest BCUT2D eigenvalue weighted by atomic mass is 28.4. The molecule has 0 bridgehead atoms. The van der Waals surface area contributed by atoms with E-state index < -0.39 is 8.80 Å². The topological polar surface area (TPSA) is 27.7 Å². The maximum Gasteiger partial charge on any atom is 0.500 e. The second-order valence-electron chi connectivity index (χ2n) is 7.96. The Kier molecular flexibility index (Phi) is 15.2. The van der Waals surface area contributed by atoms with Gasteiger partial charge in [0.2, 0.25) is 0 Å². The Morgan fingerprint density at radius 3 is 1.44 bits per heavy atom. The van der Waals surface area contributed by atoms with Crippen LogP contribution in [0.5, 0.6) is 0 Å². The number of nitrogens with zero attached hydrogens (tertiary/aromatic N) is 1. The molecule has 0 aliphatic carbocycles. The Labute approximate surface area is 159 Å². The Bertz CT molecular complexity index is 288. The van der Waals surface area contributed by atoms with E-state index in [0.29, 0.717) is 0 Å². The fraction of sp³-hybridized carbons (Fsp3) is 1.00. The quantitative estimate of drug-likeness (QED) is 0.186. The molecule has 0 amide bonds. The molecule has 0 spiro atoms. The molecule has 0 rings (SSSR count). The summed E-state index contributed by atoms with van der Waals surface area (Å²) in [5, 5.41) is 0. The van der Waals surface area contributed by atoms with Gasteiger partial charge in [0, 0.05) is 33.8 Å². The number of quaternary nitrogens is 1. The van der Waals surface area contributed by atoms with Crippen LogP contribution in [0.1, 0.15) is 77.6 Å². The lowest BCUT2D eigenvalue weighted by Gasteiger charge is -2.31. The maximum atomic E-state index is 5.51. The van der Waals surface area contributed by atoms with E-state index in [9.17, 15) is 0 Å². The number of unbranched alkanes of at least 4 members (excludes halogenated alkanes) is 9. The van der Waals surface area contributed by atoms with Crippen LogP contribution in [0.4, 0.5) is 0 Å². The van der Waals surface area contributed by atoms with Gasteiger partial charge >= 0.3 is 8.80 Å². The molecule has 0 aliphatic heterocycles. The van der Waals surface area contributed by atoms with Crippen LogP contribution in [-0.4, -0.2) is 61.8 Å². The molecule has 0 saturated heterocycles. The predicted molar refractivity (Wildman–Crippen MR) is 110 cm³/mol. The summed E-state index contributed by atoms with van der Waals surface area (Å²) in [5.41, 5.74) is 0. The zero-order valence-corrected chi connectivity index (χ0v) is 19.1. The SMILES string of the molecule is CCCCCCCCCCCC[N+](C)(C)CCC[Si](OC)(OC)OC.